The molecule has 2 atom stereocenters. The highest BCUT2D eigenvalue weighted by atomic mass is 16.1. The van der Waals surface area contributed by atoms with Crippen molar-refractivity contribution in [2.45, 2.75) is 32.4 Å². The molecule has 1 fully saturated rings. The molecular formula is C9H15N3O. The number of hydrogen-bond acceptors (Lipinski definition) is 3. The van der Waals surface area contributed by atoms with Crippen molar-refractivity contribution in [1.82, 2.24) is 10.2 Å². The van der Waals surface area contributed by atoms with Gasteiger partial charge in [-0.2, -0.15) is 5.26 Å². The summed E-state index contributed by atoms with van der Waals surface area (Å²) in [5.74, 6) is 0.0106. The van der Waals surface area contributed by atoms with E-state index < -0.39 is 0 Å². The Labute approximate surface area is 78.5 Å². The highest BCUT2D eigenvalue weighted by molar-refractivity contribution is 5.73. The van der Waals surface area contributed by atoms with Gasteiger partial charge in [-0.15, -0.1) is 0 Å². The van der Waals surface area contributed by atoms with E-state index >= 15 is 0 Å². The van der Waals surface area contributed by atoms with Crippen LogP contribution in [0.25, 0.3) is 0 Å². The first-order valence-electron chi connectivity index (χ1n) is 4.54. The molecule has 1 rings (SSSR count). The Morgan fingerprint density at radius 1 is 1.77 bits per heavy atom. The average Bonchev–Trinajstić information content (AvgIpc) is 2.50. The van der Waals surface area contributed by atoms with Crippen LogP contribution in [0.2, 0.25) is 0 Å². The van der Waals surface area contributed by atoms with Crippen molar-refractivity contribution in [2.24, 2.45) is 0 Å². The number of nitriles is 1. The minimum Gasteiger partial charge on any atom is -0.352 e. The van der Waals surface area contributed by atoms with Gasteiger partial charge in [-0.25, -0.2) is 0 Å². The van der Waals surface area contributed by atoms with Crippen molar-refractivity contribution in [2.75, 3.05) is 13.1 Å². The molecule has 0 saturated carbocycles. The molecule has 1 amide bonds. The number of rotatable bonds is 2. The van der Waals surface area contributed by atoms with Crippen LogP contribution in [0.1, 0.15) is 20.3 Å². The minimum absolute atomic E-state index is 0.0106. The third kappa shape index (κ3) is 2.71. The number of amides is 1. The van der Waals surface area contributed by atoms with Crippen LogP contribution in [-0.2, 0) is 4.79 Å². The van der Waals surface area contributed by atoms with E-state index in [1.165, 1.54) is 6.92 Å². The lowest BCUT2D eigenvalue weighted by atomic mass is 10.2. The molecular weight excluding hydrogens is 166 g/mol. The lowest BCUT2D eigenvalue weighted by Gasteiger charge is -2.17. The molecule has 0 radical (unpaired) electrons. The van der Waals surface area contributed by atoms with E-state index in [0.29, 0.717) is 0 Å². The van der Waals surface area contributed by atoms with E-state index in [4.69, 9.17) is 5.26 Å². The number of nitrogens with one attached hydrogen (secondary N) is 1. The molecule has 0 aromatic heterocycles. The van der Waals surface area contributed by atoms with Gasteiger partial charge in [0.25, 0.3) is 0 Å². The highest BCUT2D eigenvalue weighted by Crippen LogP contribution is 2.11. The van der Waals surface area contributed by atoms with Gasteiger partial charge in [-0.1, -0.05) is 0 Å². The van der Waals surface area contributed by atoms with Crippen LogP contribution in [0.5, 0.6) is 0 Å². The Balaban J connectivity index is 2.37. The van der Waals surface area contributed by atoms with Gasteiger partial charge in [0.15, 0.2) is 0 Å². The SMILES string of the molecule is CC(=O)NC1CCN(C(C)C#N)C1. The number of likely N-dealkylation sites (tertiary alicyclic amines) is 1. The Bertz CT molecular complexity index is 234. The Morgan fingerprint density at radius 2 is 2.46 bits per heavy atom. The average molecular weight is 181 g/mol. The molecule has 0 spiro atoms. The maximum Gasteiger partial charge on any atom is 0.217 e. The first-order valence-corrected chi connectivity index (χ1v) is 4.54. The lowest BCUT2D eigenvalue weighted by molar-refractivity contribution is -0.119. The molecule has 1 N–H and O–H groups in total. The standard InChI is InChI=1S/C9H15N3O/c1-7(5-10)12-4-3-9(6-12)11-8(2)13/h7,9H,3-4,6H2,1-2H3,(H,11,13). The van der Waals surface area contributed by atoms with Crippen LogP contribution < -0.4 is 5.32 Å². The van der Waals surface area contributed by atoms with Crippen molar-refractivity contribution < 1.29 is 4.79 Å². The van der Waals surface area contributed by atoms with Crippen molar-refractivity contribution >= 4 is 5.91 Å². The molecule has 1 aliphatic heterocycles. The molecule has 4 nitrogen and oxygen atoms in total. The topological polar surface area (TPSA) is 56.1 Å². The van der Waals surface area contributed by atoms with Gasteiger partial charge in [-0.05, 0) is 13.3 Å². The van der Waals surface area contributed by atoms with E-state index in [0.717, 1.165) is 19.5 Å². The van der Waals surface area contributed by atoms with Crippen LogP contribution in [0.3, 0.4) is 0 Å². The second kappa shape index (κ2) is 4.24. The fourth-order valence-electron chi connectivity index (χ4n) is 1.63. The summed E-state index contributed by atoms with van der Waals surface area (Å²) < 4.78 is 0. The van der Waals surface area contributed by atoms with Gasteiger partial charge >= 0.3 is 0 Å². The Morgan fingerprint density at radius 3 is 3.00 bits per heavy atom. The predicted octanol–water partition coefficient (Wildman–Crippen LogP) is 0.109. The molecule has 0 aromatic rings. The van der Waals surface area contributed by atoms with E-state index in [1.54, 1.807) is 0 Å². The monoisotopic (exact) mass is 181 g/mol. The molecule has 1 heterocycles. The summed E-state index contributed by atoms with van der Waals surface area (Å²) in [7, 11) is 0. The van der Waals surface area contributed by atoms with Crippen LogP contribution in [-0.4, -0.2) is 36.0 Å². The second-order valence-corrected chi connectivity index (χ2v) is 3.49. The summed E-state index contributed by atoms with van der Waals surface area (Å²) >= 11 is 0. The van der Waals surface area contributed by atoms with Gasteiger partial charge in [0, 0.05) is 26.1 Å². The molecule has 0 aliphatic carbocycles. The quantitative estimate of drug-likeness (QED) is 0.657. The zero-order valence-electron chi connectivity index (χ0n) is 8.08. The third-order valence-electron chi connectivity index (χ3n) is 2.36. The maximum atomic E-state index is 10.8. The van der Waals surface area contributed by atoms with Crippen LogP contribution in [0.15, 0.2) is 0 Å². The number of carbonyl (C=O) groups excluding carboxylic acids is 1. The summed E-state index contributed by atoms with van der Waals surface area (Å²) in [5, 5.41) is 11.5. The molecule has 13 heavy (non-hydrogen) atoms. The Hall–Kier alpha value is -1.08. The summed E-state index contributed by atoms with van der Waals surface area (Å²) in [6, 6.07) is 2.38. The zero-order valence-corrected chi connectivity index (χ0v) is 8.08. The minimum atomic E-state index is -0.0428. The predicted molar refractivity (Wildman–Crippen MR) is 48.9 cm³/mol. The molecule has 1 saturated heterocycles. The fourth-order valence-corrected chi connectivity index (χ4v) is 1.63. The summed E-state index contributed by atoms with van der Waals surface area (Å²) in [4.78, 5) is 12.8. The molecule has 2 unspecified atom stereocenters. The van der Waals surface area contributed by atoms with Gasteiger partial charge in [0.2, 0.25) is 5.91 Å². The van der Waals surface area contributed by atoms with E-state index in [1.807, 2.05) is 6.92 Å². The van der Waals surface area contributed by atoms with E-state index in [2.05, 4.69) is 16.3 Å². The molecule has 1 aliphatic rings. The summed E-state index contributed by atoms with van der Waals surface area (Å²) in [5.41, 5.74) is 0. The zero-order chi connectivity index (χ0) is 9.84. The smallest absolute Gasteiger partial charge is 0.217 e. The van der Waals surface area contributed by atoms with Crippen molar-refractivity contribution in [3.05, 3.63) is 0 Å². The van der Waals surface area contributed by atoms with Crippen LogP contribution in [0.4, 0.5) is 0 Å². The van der Waals surface area contributed by atoms with Crippen molar-refractivity contribution in [3.8, 4) is 6.07 Å². The Kier molecular flexibility index (Phi) is 3.26. The second-order valence-electron chi connectivity index (χ2n) is 3.49. The lowest BCUT2D eigenvalue weighted by Crippen LogP contribution is -2.37. The number of carbonyl (C=O) groups is 1. The molecule has 4 heteroatoms. The van der Waals surface area contributed by atoms with Crippen LogP contribution in [0, 0.1) is 11.3 Å². The highest BCUT2D eigenvalue weighted by Gasteiger charge is 2.25. The first-order chi connectivity index (χ1) is 6.13. The van der Waals surface area contributed by atoms with Gasteiger partial charge in [0.1, 0.15) is 0 Å². The molecule has 0 bridgehead atoms. The van der Waals surface area contributed by atoms with Gasteiger partial charge in [-0.3, -0.25) is 9.69 Å². The maximum absolute atomic E-state index is 10.8. The summed E-state index contributed by atoms with van der Waals surface area (Å²) in [6.45, 7) is 5.11. The molecule has 0 aromatic carbocycles. The van der Waals surface area contributed by atoms with Crippen molar-refractivity contribution in [3.63, 3.8) is 0 Å². The van der Waals surface area contributed by atoms with Crippen LogP contribution >= 0.6 is 0 Å². The van der Waals surface area contributed by atoms with Gasteiger partial charge < -0.3 is 5.32 Å². The summed E-state index contributed by atoms with van der Waals surface area (Å²) in [6.07, 6.45) is 0.950. The van der Waals surface area contributed by atoms with Gasteiger partial charge in [0.05, 0.1) is 12.1 Å². The third-order valence-corrected chi connectivity index (χ3v) is 2.36. The molecule has 72 valence electrons. The fraction of sp³-hybridized carbons (Fsp3) is 0.778. The van der Waals surface area contributed by atoms with Crippen molar-refractivity contribution in [1.29, 1.82) is 5.26 Å². The normalized spacial score (nSPS) is 25.2. The number of nitrogens with zero attached hydrogens (tertiary/aromatic N) is 2. The first kappa shape index (κ1) is 10.0. The largest absolute Gasteiger partial charge is 0.352 e. The van der Waals surface area contributed by atoms with E-state index in [9.17, 15) is 4.79 Å². The van der Waals surface area contributed by atoms with E-state index in [-0.39, 0.29) is 18.0 Å². The number of hydrogen-bond donors (Lipinski definition) is 1.